The van der Waals surface area contributed by atoms with Crippen molar-refractivity contribution in [2.75, 3.05) is 32.8 Å². The van der Waals surface area contributed by atoms with Crippen LogP contribution in [-0.2, 0) is 10.2 Å². The fourth-order valence-electron chi connectivity index (χ4n) is 6.31. The lowest BCUT2D eigenvalue weighted by Crippen LogP contribution is -2.44. The predicted octanol–water partition coefficient (Wildman–Crippen LogP) is 5.62. The van der Waals surface area contributed by atoms with Gasteiger partial charge in [0.25, 0.3) is 0 Å². The molecule has 1 N–H and O–H groups in total. The van der Waals surface area contributed by atoms with E-state index >= 15 is 0 Å². The molecule has 1 atom stereocenters. The number of carbonyl (C=O) groups is 2. The molecule has 0 aromatic heterocycles. The molecule has 3 amide bonds. The molecule has 8 heteroatoms. The van der Waals surface area contributed by atoms with Gasteiger partial charge in [-0.15, -0.1) is 0 Å². The third-order valence-corrected chi connectivity index (χ3v) is 8.23. The van der Waals surface area contributed by atoms with Crippen molar-refractivity contribution in [3.05, 3.63) is 95.1 Å². The zero-order valence-corrected chi connectivity index (χ0v) is 21.0. The number of hydrogen-bond donors (Lipinski definition) is 1. The van der Waals surface area contributed by atoms with Crippen LogP contribution >= 0.6 is 0 Å². The van der Waals surface area contributed by atoms with Gasteiger partial charge in [-0.3, -0.25) is 0 Å². The first-order chi connectivity index (χ1) is 18.5. The summed E-state index contributed by atoms with van der Waals surface area (Å²) in [5.41, 5.74) is 5.93. The summed E-state index contributed by atoms with van der Waals surface area (Å²) < 4.78 is 32.0. The van der Waals surface area contributed by atoms with Crippen LogP contribution in [0.4, 0.5) is 18.4 Å². The molecule has 2 saturated heterocycles. The highest BCUT2D eigenvalue weighted by molar-refractivity contribution is 5.92. The molecule has 0 saturated carbocycles. The quantitative estimate of drug-likeness (QED) is 0.447. The molecule has 1 spiro atoms. The average molecular weight is 518 g/mol. The second-order valence-corrected chi connectivity index (χ2v) is 10.2. The van der Waals surface area contributed by atoms with E-state index in [1.807, 2.05) is 0 Å². The number of amides is 3. The number of fused-ring (bicyclic) bond motifs is 5. The number of carbonyl (C=O) groups excluding carboxylic acids is 2. The monoisotopic (exact) mass is 517 g/mol. The van der Waals surface area contributed by atoms with Crippen molar-refractivity contribution in [1.82, 2.24) is 15.1 Å². The molecule has 2 fully saturated rings. The number of piperidine rings is 1. The smallest absolute Gasteiger partial charge is 0.418 e. The Morgan fingerprint density at radius 3 is 2.26 bits per heavy atom. The van der Waals surface area contributed by atoms with E-state index in [-0.39, 0.29) is 12.0 Å². The van der Waals surface area contributed by atoms with Crippen LogP contribution in [0.1, 0.15) is 42.0 Å². The van der Waals surface area contributed by atoms with Crippen molar-refractivity contribution in [2.24, 2.45) is 0 Å². The van der Waals surface area contributed by atoms with Crippen molar-refractivity contribution in [1.29, 1.82) is 0 Å². The first-order valence-corrected chi connectivity index (χ1v) is 13.1. The van der Waals surface area contributed by atoms with E-state index in [4.69, 9.17) is 4.74 Å². The summed E-state index contributed by atoms with van der Waals surface area (Å²) in [6, 6.07) is 19.4. The van der Waals surface area contributed by atoms with Gasteiger partial charge in [-0.25, -0.2) is 23.3 Å². The van der Waals surface area contributed by atoms with Gasteiger partial charge < -0.3 is 15.0 Å². The Morgan fingerprint density at radius 1 is 0.947 bits per heavy atom. The van der Waals surface area contributed by atoms with Crippen LogP contribution < -0.4 is 5.32 Å². The maximum atomic E-state index is 13.7. The SMILES string of the molecule is O=C(NCCCN1CCC2(CC1)c1ccccc1-c1ccccc12)N1C(=O)OCC1c1ccc(F)c(F)c1. The van der Waals surface area contributed by atoms with Crippen LogP contribution in [-0.4, -0.2) is 54.7 Å². The number of rotatable bonds is 5. The number of benzene rings is 3. The van der Waals surface area contributed by atoms with Crippen molar-refractivity contribution < 1.29 is 23.1 Å². The average Bonchev–Trinajstić information content (AvgIpc) is 3.46. The maximum Gasteiger partial charge on any atom is 0.418 e. The highest BCUT2D eigenvalue weighted by Crippen LogP contribution is 2.53. The third kappa shape index (κ3) is 4.13. The Hall–Kier alpha value is -3.78. The van der Waals surface area contributed by atoms with Crippen LogP contribution in [0.5, 0.6) is 0 Å². The molecule has 0 bridgehead atoms. The number of cyclic esters (lactones) is 1. The standard InChI is InChI=1S/C30H29F2N3O3/c31-25-11-10-20(18-26(25)32)27-19-38-29(37)35(27)28(36)33-14-5-15-34-16-12-30(13-17-34)23-8-3-1-6-21(23)22-7-2-4-9-24(22)30/h1-4,6-11,18,27H,5,12-17,19H2,(H,33,36). The van der Waals surface area contributed by atoms with E-state index in [9.17, 15) is 18.4 Å². The Labute approximate surface area is 220 Å². The zero-order valence-electron chi connectivity index (χ0n) is 21.0. The number of imide groups is 1. The Balaban J connectivity index is 1.03. The van der Waals surface area contributed by atoms with Gasteiger partial charge in [-0.1, -0.05) is 54.6 Å². The van der Waals surface area contributed by atoms with Crippen LogP contribution in [0.15, 0.2) is 66.7 Å². The molecule has 3 aromatic carbocycles. The first-order valence-electron chi connectivity index (χ1n) is 13.1. The van der Waals surface area contributed by atoms with Gasteiger partial charge in [0.05, 0.1) is 0 Å². The minimum absolute atomic E-state index is 0.0584. The molecule has 6 rings (SSSR count). The van der Waals surface area contributed by atoms with E-state index in [1.165, 1.54) is 28.3 Å². The van der Waals surface area contributed by atoms with Crippen molar-refractivity contribution >= 4 is 12.1 Å². The molecule has 3 aliphatic rings. The Bertz CT molecular complexity index is 1340. The number of ether oxygens (including phenoxy) is 1. The highest BCUT2D eigenvalue weighted by Gasteiger charge is 2.44. The van der Waals surface area contributed by atoms with E-state index < -0.39 is 29.8 Å². The fourth-order valence-corrected chi connectivity index (χ4v) is 6.31. The minimum Gasteiger partial charge on any atom is -0.446 e. The maximum absolute atomic E-state index is 13.7. The van der Waals surface area contributed by atoms with Gasteiger partial charge in [-0.2, -0.15) is 0 Å². The van der Waals surface area contributed by atoms with Gasteiger partial charge in [0.15, 0.2) is 11.6 Å². The number of halogens is 2. The molecule has 1 unspecified atom stereocenters. The van der Waals surface area contributed by atoms with Gasteiger partial charge in [0.2, 0.25) is 0 Å². The molecule has 0 radical (unpaired) electrons. The lowest BCUT2D eigenvalue weighted by atomic mass is 9.71. The molecule has 6 nitrogen and oxygen atoms in total. The minimum atomic E-state index is -1.03. The Morgan fingerprint density at radius 2 is 1.61 bits per heavy atom. The van der Waals surface area contributed by atoms with Crippen molar-refractivity contribution in [2.45, 2.75) is 30.7 Å². The summed E-state index contributed by atoms with van der Waals surface area (Å²) in [6.07, 6.45) is 2.02. The van der Waals surface area contributed by atoms with E-state index in [0.717, 1.165) is 55.9 Å². The lowest BCUT2D eigenvalue weighted by molar-refractivity contribution is 0.157. The van der Waals surface area contributed by atoms with Crippen LogP contribution in [0.2, 0.25) is 0 Å². The topological polar surface area (TPSA) is 61.9 Å². The molecule has 38 heavy (non-hydrogen) atoms. The second-order valence-electron chi connectivity index (χ2n) is 10.2. The number of nitrogens with one attached hydrogen (secondary N) is 1. The molecular formula is C30H29F2N3O3. The first kappa shape index (κ1) is 24.6. The summed E-state index contributed by atoms with van der Waals surface area (Å²) in [6.45, 7) is 3.05. The molecular weight excluding hydrogens is 488 g/mol. The lowest BCUT2D eigenvalue weighted by Gasteiger charge is -2.41. The number of hydrogen-bond acceptors (Lipinski definition) is 4. The number of urea groups is 1. The predicted molar refractivity (Wildman–Crippen MR) is 139 cm³/mol. The zero-order chi connectivity index (χ0) is 26.3. The number of likely N-dealkylation sites (tertiary alicyclic amines) is 1. The highest BCUT2D eigenvalue weighted by atomic mass is 19.2. The molecule has 2 aliphatic heterocycles. The molecule has 3 aromatic rings. The van der Waals surface area contributed by atoms with Crippen molar-refractivity contribution in [3.63, 3.8) is 0 Å². The molecule has 196 valence electrons. The summed E-state index contributed by atoms with van der Waals surface area (Å²) in [5.74, 6) is -2.02. The fraction of sp³-hybridized carbons (Fsp3) is 0.333. The van der Waals surface area contributed by atoms with Crippen LogP contribution in [0, 0.1) is 11.6 Å². The number of nitrogens with zero attached hydrogens (tertiary/aromatic N) is 2. The largest absolute Gasteiger partial charge is 0.446 e. The van der Waals surface area contributed by atoms with Crippen LogP contribution in [0.25, 0.3) is 11.1 Å². The summed E-state index contributed by atoms with van der Waals surface area (Å²) in [7, 11) is 0. The third-order valence-electron chi connectivity index (χ3n) is 8.23. The van der Waals surface area contributed by atoms with Gasteiger partial charge in [0, 0.05) is 12.0 Å². The van der Waals surface area contributed by atoms with E-state index in [2.05, 4.69) is 58.7 Å². The van der Waals surface area contributed by atoms with E-state index in [0.29, 0.717) is 12.1 Å². The summed E-state index contributed by atoms with van der Waals surface area (Å²) >= 11 is 0. The Kier molecular flexibility index (Phi) is 6.35. The normalized spacial score (nSPS) is 19.8. The van der Waals surface area contributed by atoms with Gasteiger partial charge in [-0.05, 0) is 78.8 Å². The van der Waals surface area contributed by atoms with Crippen LogP contribution in [0.3, 0.4) is 0 Å². The van der Waals surface area contributed by atoms with Gasteiger partial charge in [0.1, 0.15) is 12.6 Å². The van der Waals surface area contributed by atoms with E-state index in [1.54, 1.807) is 0 Å². The molecule has 1 aliphatic carbocycles. The van der Waals surface area contributed by atoms with Gasteiger partial charge >= 0.3 is 12.1 Å². The summed E-state index contributed by atoms with van der Waals surface area (Å²) in [5, 5.41) is 2.79. The van der Waals surface area contributed by atoms with Crippen molar-refractivity contribution in [3.8, 4) is 11.1 Å². The summed E-state index contributed by atoms with van der Waals surface area (Å²) in [4.78, 5) is 28.3. The molecule has 2 heterocycles. The second kappa shape index (κ2) is 9.83.